The zero-order valence-corrected chi connectivity index (χ0v) is 11.6. The van der Waals surface area contributed by atoms with Crippen molar-refractivity contribution in [1.29, 1.82) is 0 Å². The quantitative estimate of drug-likeness (QED) is 0.559. The number of carbonyl (C=O) groups is 2. The van der Waals surface area contributed by atoms with Crippen LogP contribution in [0.2, 0.25) is 0 Å². The Bertz CT molecular complexity index is 313. The average Bonchev–Trinajstić information content (AvgIpc) is 2.22. The van der Waals surface area contributed by atoms with Crippen molar-refractivity contribution in [2.24, 2.45) is 22.1 Å². The Balaban J connectivity index is 4.86. The molecule has 0 aromatic rings. The maximum atomic E-state index is 11.6. The lowest BCUT2D eigenvalue weighted by Gasteiger charge is -2.15. The Morgan fingerprint density at radius 2 is 1.50 bits per heavy atom. The predicted molar refractivity (Wildman–Crippen MR) is 66.4 cm³/mol. The van der Waals surface area contributed by atoms with Crippen LogP contribution in [0.5, 0.6) is 0 Å². The van der Waals surface area contributed by atoms with Gasteiger partial charge in [0.15, 0.2) is 12.1 Å². The topological polar surface area (TPSA) is 88.3 Å². The van der Waals surface area contributed by atoms with Crippen LogP contribution >= 0.6 is 0 Å². The molecule has 6 heteroatoms. The minimum atomic E-state index is -1.04. The average molecular weight is 258 g/mol. The van der Waals surface area contributed by atoms with E-state index in [1.807, 2.05) is 13.8 Å². The zero-order valence-electron chi connectivity index (χ0n) is 11.6. The van der Waals surface area contributed by atoms with Gasteiger partial charge in [0.05, 0.1) is 6.61 Å². The molecule has 0 saturated carbocycles. The highest BCUT2D eigenvalue weighted by Crippen LogP contribution is 2.13. The van der Waals surface area contributed by atoms with Crippen molar-refractivity contribution in [2.45, 2.75) is 46.7 Å². The molecule has 0 fully saturated rings. The van der Waals surface area contributed by atoms with Gasteiger partial charge in [-0.2, -0.15) is 10.2 Å². The second-order valence-electron chi connectivity index (χ2n) is 4.70. The number of esters is 1. The first-order valence-electron chi connectivity index (χ1n) is 6.10. The summed E-state index contributed by atoms with van der Waals surface area (Å²) in [5.74, 6) is -1.78. The van der Waals surface area contributed by atoms with Crippen molar-refractivity contribution >= 4 is 11.9 Å². The van der Waals surface area contributed by atoms with Crippen LogP contribution in [0, 0.1) is 11.8 Å². The summed E-state index contributed by atoms with van der Waals surface area (Å²) in [5, 5.41) is 16.6. The van der Waals surface area contributed by atoms with E-state index in [9.17, 15) is 9.59 Å². The molecule has 0 rings (SSSR count). The lowest BCUT2D eigenvalue weighted by Crippen LogP contribution is -2.29. The van der Waals surface area contributed by atoms with E-state index < -0.39 is 24.0 Å². The number of azo groups is 1. The van der Waals surface area contributed by atoms with Gasteiger partial charge >= 0.3 is 11.9 Å². The molecule has 18 heavy (non-hydrogen) atoms. The van der Waals surface area contributed by atoms with Gasteiger partial charge in [0.1, 0.15) is 0 Å². The first-order valence-corrected chi connectivity index (χ1v) is 6.10. The highest BCUT2D eigenvalue weighted by molar-refractivity contribution is 5.76. The first kappa shape index (κ1) is 16.5. The molecule has 0 heterocycles. The van der Waals surface area contributed by atoms with Crippen LogP contribution in [0.1, 0.15) is 34.6 Å². The minimum absolute atomic E-state index is 0.0885. The summed E-state index contributed by atoms with van der Waals surface area (Å²) in [6, 6.07) is -1.67. The fourth-order valence-electron chi connectivity index (χ4n) is 1.29. The third kappa shape index (κ3) is 5.25. The summed E-state index contributed by atoms with van der Waals surface area (Å²) in [5.41, 5.74) is 0. The standard InChI is InChI=1S/C12H22N2O4/c1-6-18-12(17)10(8(4)5)14-13-9(7(2)3)11(15)16/h7-10H,6H2,1-5H3,(H,15,16). The van der Waals surface area contributed by atoms with E-state index in [1.54, 1.807) is 20.8 Å². The molecule has 0 aliphatic heterocycles. The molecule has 1 N–H and O–H groups in total. The molecule has 0 spiro atoms. The number of carboxylic acid groups (broad SMARTS) is 1. The summed E-state index contributed by atoms with van der Waals surface area (Å²) < 4.78 is 4.88. The van der Waals surface area contributed by atoms with Crippen LogP contribution in [0.3, 0.4) is 0 Å². The Morgan fingerprint density at radius 1 is 1.06 bits per heavy atom. The molecule has 0 aliphatic rings. The van der Waals surface area contributed by atoms with Gasteiger partial charge in [-0.05, 0) is 18.8 Å². The lowest BCUT2D eigenvalue weighted by atomic mass is 10.1. The van der Waals surface area contributed by atoms with E-state index in [2.05, 4.69) is 10.2 Å². The minimum Gasteiger partial charge on any atom is -0.480 e. The molecule has 104 valence electrons. The van der Waals surface area contributed by atoms with Crippen molar-refractivity contribution in [2.75, 3.05) is 6.61 Å². The number of carbonyl (C=O) groups excluding carboxylic acids is 1. The SMILES string of the molecule is CCOC(=O)C(N=NC(C(=O)O)C(C)C)C(C)C. The van der Waals surface area contributed by atoms with E-state index in [4.69, 9.17) is 9.84 Å². The maximum Gasteiger partial charge on any atom is 0.333 e. The first-order chi connectivity index (χ1) is 8.31. The molecular formula is C12H22N2O4. The number of carboxylic acids is 1. The third-order valence-electron chi connectivity index (χ3n) is 2.36. The summed E-state index contributed by atoms with van der Waals surface area (Å²) in [4.78, 5) is 22.6. The van der Waals surface area contributed by atoms with Crippen LogP contribution in [0.15, 0.2) is 10.2 Å². The zero-order chi connectivity index (χ0) is 14.3. The highest BCUT2D eigenvalue weighted by atomic mass is 16.5. The summed E-state index contributed by atoms with van der Waals surface area (Å²) in [6.07, 6.45) is 0. The molecule has 0 aromatic heterocycles. The normalized spacial score (nSPS) is 15.1. The Hall–Kier alpha value is -1.46. The number of ether oxygens (including phenoxy) is 1. The largest absolute Gasteiger partial charge is 0.480 e. The van der Waals surface area contributed by atoms with Crippen molar-refractivity contribution in [3.63, 3.8) is 0 Å². The number of hydrogen-bond donors (Lipinski definition) is 1. The number of hydrogen-bond acceptors (Lipinski definition) is 5. The summed E-state index contributed by atoms with van der Waals surface area (Å²) in [6.45, 7) is 9.08. The van der Waals surface area contributed by atoms with Crippen molar-refractivity contribution in [3.8, 4) is 0 Å². The van der Waals surface area contributed by atoms with Gasteiger partial charge in [0.25, 0.3) is 0 Å². The Labute approximate surface area is 107 Å². The van der Waals surface area contributed by atoms with Crippen LogP contribution in [0.4, 0.5) is 0 Å². The molecular weight excluding hydrogens is 236 g/mol. The van der Waals surface area contributed by atoms with Gasteiger partial charge in [-0.15, -0.1) is 0 Å². The monoisotopic (exact) mass is 258 g/mol. The van der Waals surface area contributed by atoms with Crippen molar-refractivity contribution in [3.05, 3.63) is 0 Å². The molecule has 0 bridgehead atoms. The fraction of sp³-hybridized carbons (Fsp3) is 0.833. The molecule has 0 aromatic carbocycles. The van der Waals surface area contributed by atoms with E-state index in [0.29, 0.717) is 0 Å². The smallest absolute Gasteiger partial charge is 0.333 e. The molecule has 0 aliphatic carbocycles. The molecule has 2 unspecified atom stereocenters. The Kier molecular flexibility index (Phi) is 7.16. The van der Waals surface area contributed by atoms with Crippen LogP contribution < -0.4 is 0 Å². The molecule has 6 nitrogen and oxygen atoms in total. The maximum absolute atomic E-state index is 11.6. The van der Waals surface area contributed by atoms with Crippen LogP contribution in [-0.2, 0) is 14.3 Å². The molecule has 0 amide bonds. The molecule has 2 atom stereocenters. The van der Waals surface area contributed by atoms with Gasteiger partial charge in [0.2, 0.25) is 0 Å². The van der Waals surface area contributed by atoms with Gasteiger partial charge in [0, 0.05) is 0 Å². The van der Waals surface area contributed by atoms with Gasteiger partial charge in [-0.3, -0.25) is 0 Å². The van der Waals surface area contributed by atoms with Crippen molar-refractivity contribution in [1.82, 2.24) is 0 Å². The predicted octanol–water partition coefficient (Wildman–Crippen LogP) is 2.14. The third-order valence-corrected chi connectivity index (χ3v) is 2.36. The van der Waals surface area contributed by atoms with E-state index in [0.717, 1.165) is 0 Å². The molecule has 0 radical (unpaired) electrons. The van der Waals surface area contributed by atoms with E-state index in [1.165, 1.54) is 0 Å². The van der Waals surface area contributed by atoms with E-state index in [-0.39, 0.29) is 18.4 Å². The summed E-state index contributed by atoms with van der Waals surface area (Å²) >= 11 is 0. The second-order valence-corrected chi connectivity index (χ2v) is 4.70. The van der Waals surface area contributed by atoms with Crippen molar-refractivity contribution < 1.29 is 19.4 Å². The molecule has 0 saturated heterocycles. The number of aliphatic carboxylic acids is 1. The van der Waals surface area contributed by atoms with Gasteiger partial charge in [-0.1, -0.05) is 27.7 Å². The highest BCUT2D eigenvalue weighted by Gasteiger charge is 2.26. The van der Waals surface area contributed by atoms with Gasteiger partial charge in [-0.25, -0.2) is 9.59 Å². The van der Waals surface area contributed by atoms with Crippen LogP contribution in [0.25, 0.3) is 0 Å². The number of rotatable bonds is 7. The fourth-order valence-corrected chi connectivity index (χ4v) is 1.29. The second kappa shape index (κ2) is 7.79. The van der Waals surface area contributed by atoms with E-state index >= 15 is 0 Å². The lowest BCUT2D eigenvalue weighted by molar-refractivity contribution is -0.146. The van der Waals surface area contributed by atoms with Crippen LogP contribution in [-0.4, -0.2) is 35.7 Å². The number of nitrogens with zero attached hydrogens (tertiary/aromatic N) is 2. The summed E-state index contributed by atoms with van der Waals surface area (Å²) in [7, 11) is 0. The van der Waals surface area contributed by atoms with Gasteiger partial charge < -0.3 is 9.84 Å². The Morgan fingerprint density at radius 3 is 1.83 bits per heavy atom.